The first-order chi connectivity index (χ1) is 11.2. The molecule has 1 aliphatic carbocycles. The minimum absolute atomic E-state index is 0.0300. The smallest absolute Gasteiger partial charge is 0.427 e. The van der Waals surface area contributed by atoms with E-state index in [1.54, 1.807) is 0 Å². The van der Waals surface area contributed by atoms with Crippen molar-refractivity contribution in [2.45, 2.75) is 75.4 Å². The van der Waals surface area contributed by atoms with Gasteiger partial charge in [0.1, 0.15) is 6.10 Å². The Hall–Kier alpha value is -0.875. The van der Waals surface area contributed by atoms with Gasteiger partial charge in [0.25, 0.3) is 0 Å². The van der Waals surface area contributed by atoms with Crippen LogP contribution in [0.1, 0.15) is 44.1 Å². The van der Waals surface area contributed by atoms with Gasteiger partial charge in [-0.25, -0.2) is 0 Å². The van der Waals surface area contributed by atoms with Gasteiger partial charge in [0, 0.05) is 19.2 Å². The summed E-state index contributed by atoms with van der Waals surface area (Å²) >= 11 is 0. The summed E-state index contributed by atoms with van der Waals surface area (Å²) in [6.07, 6.45) is 7.68. The van der Waals surface area contributed by atoms with Crippen molar-refractivity contribution in [3.63, 3.8) is 0 Å². The Bertz CT molecular complexity index is 517. The molecule has 3 atom stereocenters. The third kappa shape index (κ3) is 3.34. The van der Waals surface area contributed by atoms with Gasteiger partial charge in [-0.2, -0.15) is 0 Å². The molecule has 1 aromatic carbocycles. The summed E-state index contributed by atoms with van der Waals surface area (Å²) in [6.45, 7) is 0. The Kier molecular flexibility index (Phi) is 4.46. The van der Waals surface area contributed by atoms with E-state index < -0.39 is 12.9 Å². The summed E-state index contributed by atoms with van der Waals surface area (Å²) in [4.78, 5) is 0. The summed E-state index contributed by atoms with van der Waals surface area (Å²) in [5.41, 5.74) is 1.29. The van der Waals surface area contributed by atoms with E-state index in [0.717, 1.165) is 38.5 Å². The molecule has 0 radical (unpaired) electrons. The maximum Gasteiger partial charge on any atom is 0.457 e. The van der Waals surface area contributed by atoms with Crippen LogP contribution in [0, 0.1) is 0 Å². The summed E-state index contributed by atoms with van der Waals surface area (Å²) in [6, 6.07) is 10.4. The lowest BCUT2D eigenvalue weighted by Gasteiger charge is -2.34. The van der Waals surface area contributed by atoms with Crippen LogP contribution in [0.4, 0.5) is 0 Å². The Morgan fingerprint density at radius 1 is 1.09 bits per heavy atom. The van der Waals surface area contributed by atoms with Crippen LogP contribution in [0.3, 0.4) is 0 Å². The minimum atomic E-state index is -0.737. The van der Waals surface area contributed by atoms with Crippen LogP contribution in [-0.2, 0) is 20.5 Å². The quantitative estimate of drug-likeness (QED) is 0.871. The Balaban J connectivity index is 1.44. The van der Waals surface area contributed by atoms with E-state index in [2.05, 4.69) is 24.3 Å². The molecule has 0 bridgehead atoms. The first-order valence-corrected chi connectivity index (χ1v) is 8.97. The van der Waals surface area contributed by atoms with Gasteiger partial charge in [-0.3, -0.25) is 0 Å². The molecule has 0 unspecified atom stereocenters. The first-order valence-electron chi connectivity index (χ1n) is 8.97. The van der Waals surface area contributed by atoms with Crippen molar-refractivity contribution in [1.82, 2.24) is 0 Å². The average molecular weight is 316 g/mol. The van der Waals surface area contributed by atoms with Gasteiger partial charge in [0.2, 0.25) is 0 Å². The van der Waals surface area contributed by atoms with Crippen LogP contribution in [0.5, 0.6) is 0 Å². The number of hydrogen-bond donors (Lipinski definition) is 1. The van der Waals surface area contributed by atoms with Gasteiger partial charge in [-0.05, 0) is 31.2 Å². The van der Waals surface area contributed by atoms with Crippen molar-refractivity contribution >= 4 is 7.12 Å². The Morgan fingerprint density at radius 2 is 1.87 bits per heavy atom. The highest BCUT2D eigenvalue weighted by Crippen LogP contribution is 2.45. The summed E-state index contributed by atoms with van der Waals surface area (Å²) in [5.74, 6) is -0.411. The molecule has 4 nitrogen and oxygen atoms in total. The summed E-state index contributed by atoms with van der Waals surface area (Å²) < 4.78 is 18.5. The van der Waals surface area contributed by atoms with Crippen molar-refractivity contribution in [1.29, 1.82) is 0 Å². The second kappa shape index (κ2) is 6.56. The van der Waals surface area contributed by atoms with Crippen LogP contribution in [0.15, 0.2) is 30.3 Å². The molecule has 3 aliphatic rings. The highest BCUT2D eigenvalue weighted by atomic mass is 16.8. The van der Waals surface area contributed by atoms with Crippen LogP contribution in [0.25, 0.3) is 0 Å². The first kappa shape index (κ1) is 15.6. The fourth-order valence-electron chi connectivity index (χ4n) is 4.24. The Morgan fingerprint density at radius 3 is 2.65 bits per heavy atom. The predicted octanol–water partition coefficient (Wildman–Crippen LogP) is 2.94. The second-order valence-electron chi connectivity index (χ2n) is 7.10. The number of ether oxygens (including phenoxy) is 2. The third-order valence-electron chi connectivity index (χ3n) is 5.39. The fraction of sp³-hybridized carbons (Fsp3) is 0.667. The predicted molar refractivity (Wildman–Crippen MR) is 88.0 cm³/mol. The van der Waals surface area contributed by atoms with E-state index in [0.29, 0.717) is 6.32 Å². The van der Waals surface area contributed by atoms with Crippen molar-refractivity contribution in [3.8, 4) is 0 Å². The number of benzene rings is 1. The molecule has 1 N–H and O–H groups in total. The van der Waals surface area contributed by atoms with Crippen molar-refractivity contribution < 1.29 is 19.2 Å². The molecule has 5 heteroatoms. The number of rotatable bonds is 3. The van der Waals surface area contributed by atoms with E-state index in [1.807, 2.05) is 6.07 Å². The van der Waals surface area contributed by atoms with E-state index >= 15 is 0 Å². The standard InChI is InChI=1S/C18H25BO4/c20-19-13-16-17(22-18(21-16)11-5-2-6-12-18)15(23-19)10-9-14-7-3-1-4-8-14/h1,3-4,7-8,15-17,20H,2,5-6,9-13H2/t15-,16-,17+/m0/s1. The van der Waals surface area contributed by atoms with Crippen LogP contribution in [-0.4, -0.2) is 36.2 Å². The Labute approximate surface area is 138 Å². The van der Waals surface area contributed by atoms with Crippen molar-refractivity contribution in [2.24, 2.45) is 0 Å². The maximum absolute atomic E-state index is 10.1. The molecule has 2 aliphatic heterocycles. The molecule has 2 saturated heterocycles. The van der Waals surface area contributed by atoms with Crippen molar-refractivity contribution in [2.75, 3.05) is 0 Å². The van der Waals surface area contributed by atoms with Gasteiger partial charge in [0.15, 0.2) is 5.79 Å². The van der Waals surface area contributed by atoms with E-state index in [-0.39, 0.29) is 18.3 Å². The number of aryl methyl sites for hydroxylation is 1. The number of fused-ring (bicyclic) bond motifs is 1. The molecule has 1 saturated carbocycles. The van der Waals surface area contributed by atoms with Gasteiger partial charge < -0.3 is 19.2 Å². The van der Waals surface area contributed by atoms with E-state index in [4.69, 9.17) is 14.1 Å². The van der Waals surface area contributed by atoms with Gasteiger partial charge in [0.05, 0.1) is 12.2 Å². The summed E-state index contributed by atoms with van der Waals surface area (Å²) in [7, 11) is -0.737. The molecular weight excluding hydrogens is 291 g/mol. The van der Waals surface area contributed by atoms with E-state index in [9.17, 15) is 5.02 Å². The van der Waals surface area contributed by atoms with Crippen LogP contribution < -0.4 is 0 Å². The lowest BCUT2D eigenvalue weighted by molar-refractivity contribution is -0.197. The topological polar surface area (TPSA) is 47.9 Å². The van der Waals surface area contributed by atoms with Gasteiger partial charge in [-0.1, -0.05) is 36.8 Å². The normalized spacial score (nSPS) is 32.9. The molecular formula is C18H25BO4. The monoisotopic (exact) mass is 316 g/mol. The molecule has 1 spiro atoms. The summed E-state index contributed by atoms with van der Waals surface area (Å²) in [5, 5.41) is 10.1. The molecule has 0 aromatic heterocycles. The third-order valence-corrected chi connectivity index (χ3v) is 5.39. The zero-order valence-electron chi connectivity index (χ0n) is 13.5. The molecule has 3 fully saturated rings. The van der Waals surface area contributed by atoms with Crippen LogP contribution >= 0.6 is 0 Å². The lowest BCUT2D eigenvalue weighted by Crippen LogP contribution is -2.48. The SMILES string of the molecule is OB1C[C@@H]2OC3(CCCCC3)O[C@@H]2[C@H](CCc2ccccc2)O1. The van der Waals surface area contributed by atoms with Gasteiger partial charge in [-0.15, -0.1) is 0 Å². The van der Waals surface area contributed by atoms with Crippen LogP contribution in [0.2, 0.25) is 6.32 Å². The highest BCUT2D eigenvalue weighted by Gasteiger charge is 2.54. The number of hydrogen-bond acceptors (Lipinski definition) is 4. The van der Waals surface area contributed by atoms with E-state index in [1.165, 1.54) is 12.0 Å². The maximum atomic E-state index is 10.1. The molecule has 23 heavy (non-hydrogen) atoms. The molecule has 4 rings (SSSR count). The zero-order valence-corrected chi connectivity index (χ0v) is 13.5. The molecule has 2 heterocycles. The highest BCUT2D eigenvalue weighted by molar-refractivity contribution is 6.43. The molecule has 1 aromatic rings. The van der Waals surface area contributed by atoms with Gasteiger partial charge >= 0.3 is 7.12 Å². The van der Waals surface area contributed by atoms with Crippen molar-refractivity contribution in [3.05, 3.63) is 35.9 Å². The second-order valence-corrected chi connectivity index (χ2v) is 7.10. The fourth-order valence-corrected chi connectivity index (χ4v) is 4.24. The zero-order chi connectivity index (χ0) is 15.7. The molecule has 124 valence electrons. The largest absolute Gasteiger partial charge is 0.457 e. The molecule has 0 amide bonds. The lowest BCUT2D eigenvalue weighted by atomic mass is 9.75. The minimum Gasteiger partial charge on any atom is -0.427 e. The average Bonchev–Trinajstić information content (AvgIpc) is 2.91.